The number of rotatable bonds is 3. The number of nitrogens with two attached hydrogens (primary N) is 1. The predicted molar refractivity (Wildman–Crippen MR) is 53.0 cm³/mol. The van der Waals surface area contributed by atoms with Crippen molar-refractivity contribution >= 4 is 5.91 Å². The first kappa shape index (κ1) is 10.5. The number of H-pyrrole nitrogens is 1. The standard InChI is InChI=1S/C9H13N3O2/c1-6(5-10)12-9(14)7-2-3-11-8(13)4-7/h2-4,6H,5,10H2,1H3,(H,11,13)(H,12,14)/t6-/m0/s1. The van der Waals surface area contributed by atoms with Crippen molar-refractivity contribution in [1.29, 1.82) is 0 Å². The van der Waals surface area contributed by atoms with Crippen LogP contribution in [0.5, 0.6) is 0 Å². The minimum Gasteiger partial charge on any atom is -0.348 e. The van der Waals surface area contributed by atoms with Crippen LogP contribution in [0.3, 0.4) is 0 Å². The van der Waals surface area contributed by atoms with E-state index in [2.05, 4.69) is 10.3 Å². The second kappa shape index (κ2) is 4.57. The lowest BCUT2D eigenvalue weighted by molar-refractivity contribution is 0.0941. The first-order chi connectivity index (χ1) is 6.63. The maximum absolute atomic E-state index is 11.4. The molecule has 0 spiro atoms. The Labute approximate surface area is 81.3 Å². The smallest absolute Gasteiger partial charge is 0.251 e. The number of carbonyl (C=O) groups is 1. The van der Waals surface area contributed by atoms with Crippen molar-refractivity contribution in [2.45, 2.75) is 13.0 Å². The Hall–Kier alpha value is -1.62. The summed E-state index contributed by atoms with van der Waals surface area (Å²) in [5.41, 5.74) is 5.39. The minimum atomic E-state index is -0.293. The van der Waals surface area contributed by atoms with Gasteiger partial charge in [-0.2, -0.15) is 0 Å². The topological polar surface area (TPSA) is 88.0 Å². The van der Waals surface area contributed by atoms with E-state index in [1.54, 1.807) is 13.0 Å². The van der Waals surface area contributed by atoms with Crippen LogP contribution in [0.2, 0.25) is 0 Å². The number of carbonyl (C=O) groups excluding carboxylic acids is 1. The van der Waals surface area contributed by atoms with Crippen molar-refractivity contribution < 1.29 is 4.79 Å². The van der Waals surface area contributed by atoms with E-state index in [0.29, 0.717) is 12.1 Å². The van der Waals surface area contributed by atoms with Gasteiger partial charge in [-0.15, -0.1) is 0 Å². The molecule has 1 aromatic heterocycles. The van der Waals surface area contributed by atoms with Gasteiger partial charge in [-0.05, 0) is 13.0 Å². The Kier molecular flexibility index (Phi) is 3.41. The number of hydrogen-bond acceptors (Lipinski definition) is 3. The summed E-state index contributed by atoms with van der Waals surface area (Å²) >= 11 is 0. The lowest BCUT2D eigenvalue weighted by Crippen LogP contribution is -2.38. The van der Waals surface area contributed by atoms with Gasteiger partial charge in [-0.1, -0.05) is 0 Å². The van der Waals surface area contributed by atoms with E-state index in [4.69, 9.17) is 5.73 Å². The zero-order chi connectivity index (χ0) is 10.6. The summed E-state index contributed by atoms with van der Waals surface area (Å²) in [5.74, 6) is -0.283. The van der Waals surface area contributed by atoms with Crippen molar-refractivity contribution in [1.82, 2.24) is 10.3 Å². The van der Waals surface area contributed by atoms with E-state index < -0.39 is 0 Å². The zero-order valence-corrected chi connectivity index (χ0v) is 7.91. The monoisotopic (exact) mass is 195 g/mol. The van der Waals surface area contributed by atoms with E-state index in [1.807, 2.05) is 0 Å². The molecule has 0 bridgehead atoms. The molecule has 1 atom stereocenters. The average molecular weight is 195 g/mol. The molecule has 1 heterocycles. The van der Waals surface area contributed by atoms with Gasteiger partial charge in [0.15, 0.2) is 0 Å². The Balaban J connectivity index is 2.75. The molecule has 1 rings (SSSR count). The molecule has 0 saturated carbocycles. The third-order valence-electron chi connectivity index (χ3n) is 1.77. The molecule has 0 unspecified atom stereocenters. The molecule has 14 heavy (non-hydrogen) atoms. The molecule has 0 fully saturated rings. The highest BCUT2D eigenvalue weighted by molar-refractivity contribution is 5.94. The highest BCUT2D eigenvalue weighted by atomic mass is 16.2. The molecular weight excluding hydrogens is 182 g/mol. The van der Waals surface area contributed by atoms with Gasteiger partial charge in [0.2, 0.25) is 5.56 Å². The van der Waals surface area contributed by atoms with Crippen LogP contribution >= 0.6 is 0 Å². The van der Waals surface area contributed by atoms with E-state index in [0.717, 1.165) is 0 Å². The Morgan fingerprint density at radius 1 is 1.71 bits per heavy atom. The molecule has 0 radical (unpaired) electrons. The van der Waals surface area contributed by atoms with Gasteiger partial charge in [-0.25, -0.2) is 0 Å². The van der Waals surface area contributed by atoms with Crippen molar-refractivity contribution in [3.8, 4) is 0 Å². The number of hydrogen-bond donors (Lipinski definition) is 3. The number of aromatic nitrogens is 1. The Morgan fingerprint density at radius 2 is 2.43 bits per heavy atom. The zero-order valence-electron chi connectivity index (χ0n) is 7.91. The van der Waals surface area contributed by atoms with Crippen LogP contribution < -0.4 is 16.6 Å². The summed E-state index contributed by atoms with van der Waals surface area (Å²) in [5, 5.41) is 2.66. The second-order valence-electron chi connectivity index (χ2n) is 3.05. The van der Waals surface area contributed by atoms with Gasteiger partial charge in [0, 0.05) is 30.4 Å². The summed E-state index contributed by atoms with van der Waals surface area (Å²) in [6.07, 6.45) is 1.43. The second-order valence-corrected chi connectivity index (χ2v) is 3.05. The lowest BCUT2D eigenvalue weighted by Gasteiger charge is -2.10. The molecule has 0 saturated heterocycles. The van der Waals surface area contributed by atoms with Crippen molar-refractivity contribution in [2.75, 3.05) is 6.54 Å². The van der Waals surface area contributed by atoms with Gasteiger partial charge >= 0.3 is 0 Å². The molecule has 1 aromatic rings. The van der Waals surface area contributed by atoms with Crippen LogP contribution in [0.25, 0.3) is 0 Å². The quantitative estimate of drug-likeness (QED) is 0.604. The third kappa shape index (κ3) is 2.70. The first-order valence-electron chi connectivity index (χ1n) is 4.33. The number of pyridine rings is 1. The fourth-order valence-electron chi connectivity index (χ4n) is 0.952. The molecule has 0 aromatic carbocycles. The van der Waals surface area contributed by atoms with Gasteiger partial charge < -0.3 is 16.0 Å². The molecule has 0 aliphatic rings. The van der Waals surface area contributed by atoms with Gasteiger partial charge in [0.05, 0.1) is 0 Å². The van der Waals surface area contributed by atoms with Gasteiger partial charge in [0.1, 0.15) is 0 Å². The largest absolute Gasteiger partial charge is 0.348 e. The number of amides is 1. The maximum Gasteiger partial charge on any atom is 0.251 e. The third-order valence-corrected chi connectivity index (χ3v) is 1.77. The van der Waals surface area contributed by atoms with Crippen molar-refractivity contribution in [3.63, 3.8) is 0 Å². The maximum atomic E-state index is 11.4. The number of aromatic amines is 1. The van der Waals surface area contributed by atoms with E-state index in [1.165, 1.54) is 12.3 Å². The normalized spacial score (nSPS) is 12.1. The predicted octanol–water partition coefficient (Wildman–Crippen LogP) is -0.548. The minimum absolute atomic E-state index is 0.0956. The first-order valence-corrected chi connectivity index (χ1v) is 4.33. The summed E-state index contributed by atoms with van der Waals surface area (Å²) in [4.78, 5) is 24.8. The molecule has 4 N–H and O–H groups in total. The van der Waals surface area contributed by atoms with Crippen LogP contribution in [0, 0.1) is 0 Å². The number of nitrogens with one attached hydrogen (secondary N) is 2. The van der Waals surface area contributed by atoms with Gasteiger partial charge in [-0.3, -0.25) is 9.59 Å². The summed E-state index contributed by atoms with van der Waals surface area (Å²) in [7, 11) is 0. The van der Waals surface area contributed by atoms with Crippen LogP contribution in [-0.4, -0.2) is 23.5 Å². The van der Waals surface area contributed by atoms with Crippen molar-refractivity contribution in [3.05, 3.63) is 34.2 Å². The van der Waals surface area contributed by atoms with Crippen LogP contribution in [0.1, 0.15) is 17.3 Å². The average Bonchev–Trinajstić information content (AvgIpc) is 2.17. The molecular formula is C9H13N3O2. The Morgan fingerprint density at radius 3 is 3.00 bits per heavy atom. The molecule has 76 valence electrons. The highest BCUT2D eigenvalue weighted by Crippen LogP contribution is 1.93. The molecule has 5 nitrogen and oxygen atoms in total. The van der Waals surface area contributed by atoms with Crippen LogP contribution in [0.4, 0.5) is 0 Å². The molecule has 5 heteroatoms. The van der Waals surface area contributed by atoms with E-state index in [9.17, 15) is 9.59 Å². The van der Waals surface area contributed by atoms with E-state index >= 15 is 0 Å². The lowest BCUT2D eigenvalue weighted by atomic mass is 10.2. The van der Waals surface area contributed by atoms with Crippen molar-refractivity contribution in [2.24, 2.45) is 5.73 Å². The molecule has 1 amide bonds. The summed E-state index contributed by atoms with van der Waals surface area (Å²) in [6.45, 7) is 2.17. The fraction of sp³-hybridized carbons (Fsp3) is 0.333. The Bertz CT molecular complexity index is 372. The highest BCUT2D eigenvalue weighted by Gasteiger charge is 2.08. The summed E-state index contributed by atoms with van der Waals surface area (Å²) in [6, 6.07) is 2.69. The van der Waals surface area contributed by atoms with E-state index in [-0.39, 0.29) is 17.5 Å². The van der Waals surface area contributed by atoms with Crippen LogP contribution in [0.15, 0.2) is 23.1 Å². The summed E-state index contributed by atoms with van der Waals surface area (Å²) < 4.78 is 0. The fourth-order valence-corrected chi connectivity index (χ4v) is 0.952. The van der Waals surface area contributed by atoms with Gasteiger partial charge in [0.25, 0.3) is 5.91 Å². The molecule has 0 aliphatic heterocycles. The van der Waals surface area contributed by atoms with Crippen LogP contribution in [-0.2, 0) is 0 Å². The SMILES string of the molecule is C[C@@H](CN)NC(=O)c1cc[nH]c(=O)c1. The molecule has 0 aliphatic carbocycles.